The van der Waals surface area contributed by atoms with E-state index in [2.05, 4.69) is 10.3 Å². The van der Waals surface area contributed by atoms with E-state index in [1.165, 1.54) is 6.20 Å². The minimum absolute atomic E-state index is 0.0771. The molecule has 0 aliphatic heterocycles. The summed E-state index contributed by atoms with van der Waals surface area (Å²) in [6.07, 6.45) is 3.18. The highest BCUT2D eigenvalue weighted by atomic mass is 16.5. The SMILES string of the molecule is CCNc1ccncc1C(=O)N(CCO)CCOC. The van der Waals surface area contributed by atoms with Crippen molar-refractivity contribution in [1.29, 1.82) is 0 Å². The predicted molar refractivity (Wildman–Crippen MR) is 73.3 cm³/mol. The Bertz CT molecular complexity index is 398. The van der Waals surface area contributed by atoms with Crippen molar-refractivity contribution in [3.63, 3.8) is 0 Å². The molecule has 0 bridgehead atoms. The number of nitrogens with zero attached hydrogens (tertiary/aromatic N) is 2. The molecule has 106 valence electrons. The summed E-state index contributed by atoms with van der Waals surface area (Å²) in [5, 5.41) is 12.2. The zero-order valence-corrected chi connectivity index (χ0v) is 11.4. The largest absolute Gasteiger partial charge is 0.395 e. The Labute approximate surface area is 113 Å². The Morgan fingerprint density at radius 3 is 2.95 bits per heavy atom. The summed E-state index contributed by atoms with van der Waals surface area (Å²) < 4.78 is 4.98. The molecular formula is C13H21N3O3. The molecule has 1 aromatic heterocycles. The second-order valence-corrected chi connectivity index (χ2v) is 3.96. The molecule has 0 atom stereocenters. The first-order valence-electron chi connectivity index (χ1n) is 6.31. The predicted octanol–water partition coefficient (Wildman–Crippen LogP) is 0.594. The Balaban J connectivity index is 2.88. The van der Waals surface area contributed by atoms with E-state index in [9.17, 15) is 4.79 Å². The first kappa shape index (κ1) is 15.4. The van der Waals surface area contributed by atoms with E-state index in [1.54, 1.807) is 24.3 Å². The minimum atomic E-state index is -0.157. The van der Waals surface area contributed by atoms with Crippen LogP contribution in [0.5, 0.6) is 0 Å². The second kappa shape index (κ2) is 8.44. The van der Waals surface area contributed by atoms with Crippen LogP contribution in [0.25, 0.3) is 0 Å². The standard InChI is InChI=1S/C13H21N3O3/c1-3-15-12-4-5-14-10-11(12)13(18)16(6-8-17)7-9-19-2/h4-5,10,17H,3,6-9H2,1-2H3,(H,14,15). The molecule has 0 saturated heterocycles. The first-order valence-corrected chi connectivity index (χ1v) is 6.31. The summed E-state index contributed by atoms with van der Waals surface area (Å²) in [6, 6.07) is 1.77. The van der Waals surface area contributed by atoms with Gasteiger partial charge in [0.2, 0.25) is 0 Å². The van der Waals surface area contributed by atoms with Gasteiger partial charge >= 0.3 is 0 Å². The molecule has 19 heavy (non-hydrogen) atoms. The summed E-state index contributed by atoms with van der Waals surface area (Å²) in [4.78, 5) is 18.0. The molecule has 2 N–H and O–H groups in total. The Kier molecular flexibility index (Phi) is 6.84. The van der Waals surface area contributed by atoms with Gasteiger partial charge in [0.25, 0.3) is 5.91 Å². The topological polar surface area (TPSA) is 74.7 Å². The van der Waals surface area contributed by atoms with Crippen molar-refractivity contribution in [2.24, 2.45) is 0 Å². The van der Waals surface area contributed by atoms with E-state index < -0.39 is 0 Å². The van der Waals surface area contributed by atoms with Gasteiger partial charge in [0.1, 0.15) is 0 Å². The maximum Gasteiger partial charge on any atom is 0.257 e. The lowest BCUT2D eigenvalue weighted by atomic mass is 10.2. The number of anilines is 1. The monoisotopic (exact) mass is 267 g/mol. The number of aliphatic hydroxyl groups excluding tert-OH is 1. The number of hydrogen-bond acceptors (Lipinski definition) is 5. The van der Waals surface area contributed by atoms with Crippen molar-refractivity contribution >= 4 is 11.6 Å². The number of nitrogens with one attached hydrogen (secondary N) is 1. The van der Waals surface area contributed by atoms with E-state index >= 15 is 0 Å². The highest BCUT2D eigenvalue weighted by Gasteiger charge is 2.18. The van der Waals surface area contributed by atoms with Crippen LogP contribution in [0.1, 0.15) is 17.3 Å². The van der Waals surface area contributed by atoms with Crippen molar-refractivity contribution in [2.75, 3.05) is 45.3 Å². The summed E-state index contributed by atoms with van der Waals surface area (Å²) in [7, 11) is 1.58. The van der Waals surface area contributed by atoms with Gasteiger partial charge in [0, 0.05) is 39.1 Å². The molecule has 0 fully saturated rings. The van der Waals surface area contributed by atoms with E-state index in [-0.39, 0.29) is 19.1 Å². The average molecular weight is 267 g/mol. The number of amides is 1. The van der Waals surface area contributed by atoms with Gasteiger partial charge in [0.05, 0.1) is 24.5 Å². The molecule has 0 unspecified atom stereocenters. The molecular weight excluding hydrogens is 246 g/mol. The van der Waals surface area contributed by atoms with Crippen molar-refractivity contribution in [1.82, 2.24) is 9.88 Å². The van der Waals surface area contributed by atoms with Crippen LogP contribution in [0.3, 0.4) is 0 Å². The third-order valence-electron chi connectivity index (χ3n) is 2.64. The van der Waals surface area contributed by atoms with Gasteiger partial charge in [-0.1, -0.05) is 0 Å². The molecule has 0 saturated carbocycles. The summed E-state index contributed by atoms with van der Waals surface area (Å²) in [6.45, 7) is 3.77. The number of carbonyl (C=O) groups excluding carboxylic acids is 1. The molecule has 1 rings (SSSR count). The molecule has 0 spiro atoms. The zero-order valence-electron chi connectivity index (χ0n) is 11.4. The number of hydrogen-bond donors (Lipinski definition) is 2. The molecule has 0 aromatic carbocycles. The van der Waals surface area contributed by atoms with Crippen LogP contribution < -0.4 is 5.32 Å². The van der Waals surface area contributed by atoms with Gasteiger partial charge < -0.3 is 20.1 Å². The Morgan fingerprint density at radius 1 is 1.53 bits per heavy atom. The van der Waals surface area contributed by atoms with Crippen molar-refractivity contribution in [3.8, 4) is 0 Å². The molecule has 0 aliphatic carbocycles. The van der Waals surface area contributed by atoms with Crippen LogP contribution >= 0.6 is 0 Å². The van der Waals surface area contributed by atoms with E-state index in [0.717, 1.165) is 12.2 Å². The molecule has 0 radical (unpaired) electrons. The van der Waals surface area contributed by atoms with Crippen LogP contribution in [0.2, 0.25) is 0 Å². The van der Waals surface area contributed by atoms with Crippen LogP contribution in [0, 0.1) is 0 Å². The number of aromatic nitrogens is 1. The van der Waals surface area contributed by atoms with E-state index in [4.69, 9.17) is 9.84 Å². The number of rotatable bonds is 8. The fraction of sp³-hybridized carbons (Fsp3) is 0.538. The maximum atomic E-state index is 12.4. The third kappa shape index (κ3) is 4.50. The fourth-order valence-corrected chi connectivity index (χ4v) is 1.72. The number of ether oxygens (including phenoxy) is 1. The van der Waals surface area contributed by atoms with E-state index in [1.807, 2.05) is 6.92 Å². The van der Waals surface area contributed by atoms with E-state index in [0.29, 0.717) is 18.7 Å². The van der Waals surface area contributed by atoms with Crippen LogP contribution in [-0.2, 0) is 4.74 Å². The smallest absolute Gasteiger partial charge is 0.257 e. The summed E-state index contributed by atoms with van der Waals surface area (Å²) in [5.41, 5.74) is 1.26. The number of carbonyl (C=O) groups is 1. The fourth-order valence-electron chi connectivity index (χ4n) is 1.72. The van der Waals surface area contributed by atoms with Crippen molar-refractivity contribution < 1.29 is 14.6 Å². The lowest BCUT2D eigenvalue weighted by molar-refractivity contribution is 0.0657. The van der Waals surface area contributed by atoms with Crippen molar-refractivity contribution in [3.05, 3.63) is 24.0 Å². The maximum absolute atomic E-state index is 12.4. The minimum Gasteiger partial charge on any atom is -0.395 e. The molecule has 6 heteroatoms. The van der Waals surface area contributed by atoms with Gasteiger partial charge in [-0.25, -0.2) is 0 Å². The number of methoxy groups -OCH3 is 1. The quantitative estimate of drug-likeness (QED) is 0.721. The highest BCUT2D eigenvalue weighted by molar-refractivity contribution is 5.99. The molecule has 1 amide bonds. The van der Waals surface area contributed by atoms with Gasteiger partial charge in [-0.15, -0.1) is 0 Å². The molecule has 6 nitrogen and oxygen atoms in total. The van der Waals surface area contributed by atoms with Gasteiger partial charge in [-0.2, -0.15) is 0 Å². The first-order chi connectivity index (χ1) is 9.24. The van der Waals surface area contributed by atoms with Gasteiger partial charge in [-0.3, -0.25) is 9.78 Å². The normalized spacial score (nSPS) is 10.3. The molecule has 0 aliphatic rings. The van der Waals surface area contributed by atoms with Crippen molar-refractivity contribution in [2.45, 2.75) is 6.92 Å². The van der Waals surface area contributed by atoms with Gasteiger partial charge in [0.15, 0.2) is 0 Å². The lowest BCUT2D eigenvalue weighted by Gasteiger charge is -2.22. The average Bonchev–Trinajstić information content (AvgIpc) is 2.44. The highest BCUT2D eigenvalue weighted by Crippen LogP contribution is 2.15. The van der Waals surface area contributed by atoms with Crippen LogP contribution in [-0.4, -0.2) is 60.9 Å². The lowest BCUT2D eigenvalue weighted by Crippen LogP contribution is -2.36. The molecule has 1 aromatic rings. The molecule has 1 heterocycles. The van der Waals surface area contributed by atoms with Crippen LogP contribution in [0.4, 0.5) is 5.69 Å². The number of aliphatic hydroxyl groups is 1. The summed E-state index contributed by atoms with van der Waals surface area (Å²) >= 11 is 0. The second-order valence-electron chi connectivity index (χ2n) is 3.96. The Morgan fingerprint density at radius 2 is 2.32 bits per heavy atom. The third-order valence-corrected chi connectivity index (χ3v) is 2.64. The summed E-state index contributed by atoms with van der Waals surface area (Å²) in [5.74, 6) is -0.157. The van der Waals surface area contributed by atoms with Gasteiger partial charge in [-0.05, 0) is 13.0 Å². The zero-order chi connectivity index (χ0) is 14.1. The Hall–Kier alpha value is -1.66. The van der Waals surface area contributed by atoms with Crippen LogP contribution in [0.15, 0.2) is 18.5 Å². The number of pyridine rings is 1.